The molecule has 2 atom stereocenters. The molecule has 0 fully saturated rings. The van der Waals surface area contributed by atoms with Crippen LogP contribution in [0.4, 0.5) is 0 Å². The van der Waals surface area contributed by atoms with E-state index < -0.39 is 23.3 Å². The van der Waals surface area contributed by atoms with E-state index in [0.29, 0.717) is 5.56 Å². The van der Waals surface area contributed by atoms with Gasteiger partial charge in [-0.2, -0.15) is 0 Å². The molecule has 2 aromatic carbocycles. The number of benzene rings is 2. The SMILES string of the molecule is NC(=O)C(c1ccccc1)C(O)(C(N)=O)c1ccccc1. The highest BCUT2D eigenvalue weighted by atomic mass is 16.3. The molecule has 0 bridgehead atoms. The van der Waals surface area contributed by atoms with Gasteiger partial charge in [0.1, 0.15) is 5.92 Å². The second-order valence-electron chi connectivity index (χ2n) is 4.74. The quantitative estimate of drug-likeness (QED) is 0.749. The van der Waals surface area contributed by atoms with Gasteiger partial charge < -0.3 is 16.6 Å². The topological polar surface area (TPSA) is 106 Å². The van der Waals surface area contributed by atoms with Crippen molar-refractivity contribution >= 4 is 11.8 Å². The Morgan fingerprint density at radius 3 is 1.81 bits per heavy atom. The Labute approximate surface area is 122 Å². The van der Waals surface area contributed by atoms with Crippen LogP contribution in [0.25, 0.3) is 0 Å². The Bertz CT molecular complexity index is 643. The fourth-order valence-corrected chi connectivity index (χ4v) is 2.40. The molecule has 2 amide bonds. The molecule has 0 heterocycles. The van der Waals surface area contributed by atoms with Crippen LogP contribution in [0.5, 0.6) is 0 Å². The molecule has 5 heteroatoms. The van der Waals surface area contributed by atoms with Crippen LogP contribution in [0.15, 0.2) is 60.7 Å². The smallest absolute Gasteiger partial charge is 0.255 e. The van der Waals surface area contributed by atoms with Crippen LogP contribution >= 0.6 is 0 Å². The second kappa shape index (κ2) is 5.76. The van der Waals surface area contributed by atoms with Crippen molar-refractivity contribution < 1.29 is 14.7 Å². The number of aliphatic hydroxyl groups is 1. The molecule has 5 N–H and O–H groups in total. The molecular weight excluding hydrogens is 268 g/mol. The lowest BCUT2D eigenvalue weighted by Gasteiger charge is -2.32. The maximum absolute atomic E-state index is 11.9. The first kappa shape index (κ1) is 14.7. The van der Waals surface area contributed by atoms with E-state index in [9.17, 15) is 14.7 Å². The number of carbonyl (C=O) groups is 2. The molecule has 0 aliphatic heterocycles. The molecule has 2 rings (SSSR count). The van der Waals surface area contributed by atoms with Gasteiger partial charge >= 0.3 is 0 Å². The summed E-state index contributed by atoms with van der Waals surface area (Å²) < 4.78 is 0. The number of hydrogen-bond donors (Lipinski definition) is 3. The van der Waals surface area contributed by atoms with E-state index >= 15 is 0 Å². The molecule has 2 unspecified atom stereocenters. The van der Waals surface area contributed by atoms with Crippen LogP contribution in [0.2, 0.25) is 0 Å². The van der Waals surface area contributed by atoms with Gasteiger partial charge in [-0.25, -0.2) is 0 Å². The van der Waals surface area contributed by atoms with E-state index in [1.165, 1.54) is 12.1 Å². The summed E-state index contributed by atoms with van der Waals surface area (Å²) in [5.74, 6) is -3.12. The summed E-state index contributed by atoms with van der Waals surface area (Å²) in [6.45, 7) is 0. The summed E-state index contributed by atoms with van der Waals surface area (Å²) in [5.41, 5.74) is 9.26. The van der Waals surface area contributed by atoms with Gasteiger partial charge in [0, 0.05) is 0 Å². The predicted octanol–water partition coefficient (Wildman–Crippen LogP) is 0.629. The summed E-state index contributed by atoms with van der Waals surface area (Å²) >= 11 is 0. The van der Waals surface area contributed by atoms with Gasteiger partial charge in [0.05, 0.1) is 0 Å². The zero-order chi connectivity index (χ0) is 15.5. The fourth-order valence-electron chi connectivity index (χ4n) is 2.40. The summed E-state index contributed by atoms with van der Waals surface area (Å²) in [4.78, 5) is 23.8. The van der Waals surface area contributed by atoms with E-state index in [1.807, 2.05) is 0 Å². The third kappa shape index (κ3) is 2.64. The number of nitrogens with two attached hydrogens (primary N) is 2. The minimum absolute atomic E-state index is 0.227. The molecule has 21 heavy (non-hydrogen) atoms. The predicted molar refractivity (Wildman–Crippen MR) is 77.9 cm³/mol. The van der Waals surface area contributed by atoms with Gasteiger partial charge in [-0.15, -0.1) is 0 Å². The maximum atomic E-state index is 11.9. The van der Waals surface area contributed by atoms with Crippen molar-refractivity contribution in [3.63, 3.8) is 0 Å². The molecule has 5 nitrogen and oxygen atoms in total. The third-order valence-corrected chi connectivity index (χ3v) is 3.42. The van der Waals surface area contributed by atoms with Crippen LogP contribution in [0, 0.1) is 0 Å². The van der Waals surface area contributed by atoms with Gasteiger partial charge in [-0.1, -0.05) is 60.7 Å². The van der Waals surface area contributed by atoms with Gasteiger partial charge in [0.15, 0.2) is 5.60 Å². The molecule has 0 aliphatic rings. The van der Waals surface area contributed by atoms with Crippen molar-refractivity contribution in [1.29, 1.82) is 0 Å². The first-order valence-electron chi connectivity index (χ1n) is 6.40. The molecule has 0 saturated heterocycles. The van der Waals surface area contributed by atoms with Crippen molar-refractivity contribution in [2.24, 2.45) is 11.5 Å². The molecule has 0 aromatic heterocycles. The Hall–Kier alpha value is -2.66. The van der Waals surface area contributed by atoms with Crippen molar-refractivity contribution in [2.75, 3.05) is 0 Å². The van der Waals surface area contributed by atoms with Crippen LogP contribution in [0.1, 0.15) is 17.0 Å². The Morgan fingerprint density at radius 1 is 0.905 bits per heavy atom. The van der Waals surface area contributed by atoms with E-state index in [1.54, 1.807) is 48.5 Å². The molecule has 108 valence electrons. The highest BCUT2D eigenvalue weighted by Gasteiger charge is 2.48. The Morgan fingerprint density at radius 2 is 1.38 bits per heavy atom. The molecule has 0 saturated carbocycles. The van der Waals surface area contributed by atoms with Crippen molar-refractivity contribution in [3.8, 4) is 0 Å². The van der Waals surface area contributed by atoms with Crippen LogP contribution in [-0.4, -0.2) is 16.9 Å². The van der Waals surface area contributed by atoms with E-state index in [4.69, 9.17) is 11.5 Å². The van der Waals surface area contributed by atoms with Gasteiger partial charge in [0.25, 0.3) is 5.91 Å². The zero-order valence-corrected chi connectivity index (χ0v) is 11.3. The van der Waals surface area contributed by atoms with Crippen LogP contribution < -0.4 is 11.5 Å². The van der Waals surface area contributed by atoms with Gasteiger partial charge in [0.2, 0.25) is 5.91 Å². The van der Waals surface area contributed by atoms with Crippen molar-refractivity contribution in [3.05, 3.63) is 71.8 Å². The van der Waals surface area contributed by atoms with Crippen molar-refractivity contribution in [2.45, 2.75) is 11.5 Å². The number of carbonyl (C=O) groups excluding carboxylic acids is 2. The van der Waals surface area contributed by atoms with E-state index in [2.05, 4.69) is 0 Å². The number of hydrogen-bond acceptors (Lipinski definition) is 3. The second-order valence-corrected chi connectivity index (χ2v) is 4.74. The molecule has 0 radical (unpaired) electrons. The molecule has 0 spiro atoms. The highest BCUT2D eigenvalue weighted by molar-refractivity contribution is 5.95. The normalized spacial score (nSPS) is 14.9. The number of primary amides is 2. The Balaban J connectivity index is 2.64. The number of rotatable bonds is 5. The van der Waals surface area contributed by atoms with Crippen LogP contribution in [0.3, 0.4) is 0 Å². The fraction of sp³-hybridized carbons (Fsp3) is 0.125. The minimum Gasteiger partial charge on any atom is -0.374 e. The average molecular weight is 284 g/mol. The molecule has 0 aliphatic carbocycles. The third-order valence-electron chi connectivity index (χ3n) is 3.42. The summed E-state index contributed by atoms with van der Waals surface area (Å²) in [6, 6.07) is 16.5. The van der Waals surface area contributed by atoms with E-state index in [0.717, 1.165) is 0 Å². The lowest BCUT2D eigenvalue weighted by atomic mass is 9.76. The molecule has 2 aromatic rings. The minimum atomic E-state index is -2.20. The van der Waals surface area contributed by atoms with Crippen molar-refractivity contribution in [1.82, 2.24) is 0 Å². The summed E-state index contributed by atoms with van der Waals surface area (Å²) in [6.07, 6.45) is 0. The standard InChI is InChI=1S/C16H16N2O3/c17-14(19)13(11-7-3-1-4-8-11)16(21,15(18)20)12-9-5-2-6-10-12/h1-10,13,21H,(H2,17,19)(H2,18,20). The van der Waals surface area contributed by atoms with Crippen LogP contribution in [-0.2, 0) is 15.2 Å². The first-order chi connectivity index (χ1) is 9.98. The van der Waals surface area contributed by atoms with Gasteiger partial charge in [-0.05, 0) is 11.1 Å². The maximum Gasteiger partial charge on any atom is 0.255 e. The lowest BCUT2D eigenvalue weighted by Crippen LogP contribution is -2.50. The first-order valence-corrected chi connectivity index (χ1v) is 6.40. The van der Waals surface area contributed by atoms with Gasteiger partial charge in [-0.3, -0.25) is 9.59 Å². The lowest BCUT2D eigenvalue weighted by molar-refractivity contribution is -0.146. The highest BCUT2D eigenvalue weighted by Crippen LogP contribution is 2.36. The largest absolute Gasteiger partial charge is 0.374 e. The monoisotopic (exact) mass is 284 g/mol. The molecular formula is C16H16N2O3. The average Bonchev–Trinajstić information content (AvgIpc) is 2.48. The van der Waals surface area contributed by atoms with E-state index in [-0.39, 0.29) is 5.56 Å². The zero-order valence-electron chi connectivity index (χ0n) is 11.3. The number of amides is 2. The summed E-state index contributed by atoms with van der Waals surface area (Å²) in [5, 5.41) is 10.9. The summed E-state index contributed by atoms with van der Waals surface area (Å²) in [7, 11) is 0. The Kier molecular flexibility index (Phi) is 4.05.